The van der Waals surface area contributed by atoms with Gasteiger partial charge in [-0.3, -0.25) is 34.2 Å². The van der Waals surface area contributed by atoms with E-state index in [0.717, 1.165) is 4.90 Å². The minimum Gasteiger partial charge on any atom is -0.463 e. The third-order valence-corrected chi connectivity index (χ3v) is 4.93. The van der Waals surface area contributed by atoms with Crippen molar-refractivity contribution < 1.29 is 38.2 Å². The molecule has 1 unspecified atom stereocenters. The van der Waals surface area contributed by atoms with Crippen molar-refractivity contribution in [3.63, 3.8) is 0 Å². The molecule has 0 bridgehead atoms. The summed E-state index contributed by atoms with van der Waals surface area (Å²) < 4.78 is 15.4. The summed E-state index contributed by atoms with van der Waals surface area (Å²) in [6.45, 7) is 3.20. The van der Waals surface area contributed by atoms with Crippen LogP contribution in [0.5, 0.6) is 0 Å². The normalized spacial score (nSPS) is 17.9. The number of benzene rings is 1. The van der Waals surface area contributed by atoms with Crippen molar-refractivity contribution in [2.45, 2.75) is 25.8 Å². The van der Waals surface area contributed by atoms with Gasteiger partial charge in [0.1, 0.15) is 12.6 Å². The molecule has 1 fully saturated rings. The lowest BCUT2D eigenvalue weighted by molar-refractivity contribution is -0.142. The van der Waals surface area contributed by atoms with E-state index in [9.17, 15) is 24.0 Å². The highest BCUT2D eigenvalue weighted by Crippen LogP contribution is 2.32. The number of carbonyl (C=O) groups excluding carboxylic acids is 5. The monoisotopic (exact) mass is 447 g/mol. The first kappa shape index (κ1) is 23.4. The largest absolute Gasteiger partial charge is 0.463 e. The van der Waals surface area contributed by atoms with Gasteiger partial charge in [0.15, 0.2) is 0 Å². The molecule has 2 aliphatic rings. The van der Waals surface area contributed by atoms with Crippen molar-refractivity contribution in [1.82, 2.24) is 10.2 Å². The second-order valence-electron chi connectivity index (χ2n) is 7.17. The van der Waals surface area contributed by atoms with Crippen molar-refractivity contribution in [2.24, 2.45) is 0 Å². The van der Waals surface area contributed by atoms with Gasteiger partial charge in [0.05, 0.1) is 37.6 Å². The van der Waals surface area contributed by atoms with E-state index >= 15 is 0 Å². The molecule has 1 aromatic carbocycles. The van der Waals surface area contributed by atoms with Gasteiger partial charge in [0.2, 0.25) is 11.8 Å². The van der Waals surface area contributed by atoms with Crippen LogP contribution < -0.4 is 10.6 Å². The van der Waals surface area contributed by atoms with Gasteiger partial charge in [-0.15, -0.1) is 0 Å². The van der Waals surface area contributed by atoms with E-state index in [1.807, 2.05) is 0 Å². The fraction of sp³-hybridized carbons (Fsp3) is 0.476. The van der Waals surface area contributed by atoms with Crippen molar-refractivity contribution in [2.75, 3.05) is 44.9 Å². The molecule has 1 atom stereocenters. The first-order valence-corrected chi connectivity index (χ1v) is 10.3. The lowest BCUT2D eigenvalue weighted by Gasteiger charge is -2.27. The molecule has 0 aliphatic carbocycles. The van der Waals surface area contributed by atoms with Gasteiger partial charge in [-0.25, -0.2) is 0 Å². The number of hydrogen-bond donors (Lipinski definition) is 2. The molecule has 0 saturated carbocycles. The number of piperidine rings is 1. The quantitative estimate of drug-likeness (QED) is 0.274. The standard InChI is InChI=1S/C21H25N3O8/c1-13(25)32-12-11-31-10-9-30-8-7-22-15-4-2-3-14-18(15)21(29)24(20(14)28)16-5-6-17(26)23-19(16)27/h2-4,16,22H,5-12H2,1H3,(H,23,26,27). The maximum atomic E-state index is 13.0. The molecule has 2 aliphatic heterocycles. The zero-order valence-corrected chi connectivity index (χ0v) is 17.7. The smallest absolute Gasteiger partial charge is 0.302 e. The molecule has 2 heterocycles. The van der Waals surface area contributed by atoms with Crippen molar-refractivity contribution in [1.29, 1.82) is 0 Å². The van der Waals surface area contributed by atoms with Gasteiger partial charge in [-0.05, 0) is 18.6 Å². The molecule has 11 heteroatoms. The molecule has 3 rings (SSSR count). The third-order valence-electron chi connectivity index (χ3n) is 4.93. The summed E-state index contributed by atoms with van der Waals surface area (Å²) in [5.41, 5.74) is 0.889. The molecular weight excluding hydrogens is 422 g/mol. The fourth-order valence-electron chi connectivity index (χ4n) is 3.49. The number of rotatable bonds is 11. The van der Waals surface area contributed by atoms with Crippen LogP contribution in [0.2, 0.25) is 0 Å². The first-order valence-electron chi connectivity index (χ1n) is 10.3. The Morgan fingerprint density at radius 2 is 1.78 bits per heavy atom. The lowest BCUT2D eigenvalue weighted by Crippen LogP contribution is -2.54. The topological polar surface area (TPSA) is 140 Å². The number of nitrogens with zero attached hydrogens (tertiary/aromatic N) is 1. The van der Waals surface area contributed by atoms with Crippen LogP contribution >= 0.6 is 0 Å². The zero-order valence-electron chi connectivity index (χ0n) is 17.7. The number of nitrogens with one attached hydrogen (secondary N) is 2. The number of imide groups is 2. The third kappa shape index (κ3) is 5.48. The molecule has 172 valence electrons. The van der Waals surface area contributed by atoms with E-state index in [-0.39, 0.29) is 43.2 Å². The SMILES string of the molecule is CC(=O)OCCOCCOCCNc1cccc2c1C(=O)N(C1CCC(=O)NC1=O)C2=O. The van der Waals surface area contributed by atoms with E-state index < -0.39 is 29.7 Å². The Morgan fingerprint density at radius 3 is 2.50 bits per heavy atom. The van der Waals surface area contributed by atoms with E-state index in [1.165, 1.54) is 13.0 Å². The Hall–Kier alpha value is -3.31. The number of esters is 1. The second-order valence-corrected chi connectivity index (χ2v) is 7.17. The first-order chi connectivity index (χ1) is 15.4. The summed E-state index contributed by atoms with van der Waals surface area (Å²) in [5, 5.41) is 5.26. The van der Waals surface area contributed by atoms with E-state index in [1.54, 1.807) is 12.1 Å². The van der Waals surface area contributed by atoms with Crippen molar-refractivity contribution in [3.05, 3.63) is 29.3 Å². The summed E-state index contributed by atoms with van der Waals surface area (Å²) in [5.74, 6) is -2.53. The zero-order chi connectivity index (χ0) is 23.1. The average Bonchev–Trinajstić information content (AvgIpc) is 3.00. The summed E-state index contributed by atoms with van der Waals surface area (Å²) >= 11 is 0. The molecular formula is C21H25N3O8. The molecule has 4 amide bonds. The number of carbonyl (C=O) groups is 5. The number of anilines is 1. The van der Waals surface area contributed by atoms with Gasteiger partial charge in [-0.2, -0.15) is 0 Å². The van der Waals surface area contributed by atoms with Crippen LogP contribution in [0.25, 0.3) is 0 Å². The Balaban J connectivity index is 1.48. The van der Waals surface area contributed by atoms with Crippen molar-refractivity contribution in [3.8, 4) is 0 Å². The van der Waals surface area contributed by atoms with Crippen LogP contribution in [0.15, 0.2) is 18.2 Å². The lowest BCUT2D eigenvalue weighted by atomic mass is 10.0. The van der Waals surface area contributed by atoms with Gasteiger partial charge in [0.25, 0.3) is 11.8 Å². The van der Waals surface area contributed by atoms with Crippen LogP contribution in [0.4, 0.5) is 5.69 Å². The highest BCUT2D eigenvalue weighted by molar-refractivity contribution is 6.25. The number of hydrogen-bond acceptors (Lipinski definition) is 9. The summed E-state index contributed by atoms with van der Waals surface area (Å²) in [7, 11) is 0. The molecule has 1 aromatic rings. The predicted octanol–water partition coefficient (Wildman–Crippen LogP) is 0.0960. The minimum absolute atomic E-state index is 0.0692. The number of fused-ring (bicyclic) bond motifs is 1. The molecule has 2 N–H and O–H groups in total. The predicted molar refractivity (Wildman–Crippen MR) is 110 cm³/mol. The maximum absolute atomic E-state index is 13.0. The summed E-state index contributed by atoms with van der Waals surface area (Å²) in [6.07, 6.45) is 0.176. The molecule has 11 nitrogen and oxygen atoms in total. The van der Waals surface area contributed by atoms with Gasteiger partial charge >= 0.3 is 5.97 Å². The van der Waals surface area contributed by atoms with Crippen LogP contribution in [0.3, 0.4) is 0 Å². The fourth-order valence-corrected chi connectivity index (χ4v) is 3.49. The van der Waals surface area contributed by atoms with Crippen LogP contribution in [0, 0.1) is 0 Å². The van der Waals surface area contributed by atoms with Gasteiger partial charge < -0.3 is 19.5 Å². The number of ether oxygens (including phenoxy) is 3. The average molecular weight is 447 g/mol. The van der Waals surface area contributed by atoms with E-state index in [4.69, 9.17) is 14.2 Å². The Labute approximate surface area is 184 Å². The molecule has 0 aromatic heterocycles. The van der Waals surface area contributed by atoms with Crippen LogP contribution in [-0.2, 0) is 28.6 Å². The van der Waals surface area contributed by atoms with E-state index in [2.05, 4.69) is 10.6 Å². The van der Waals surface area contributed by atoms with Crippen molar-refractivity contribution >= 4 is 35.3 Å². The summed E-state index contributed by atoms with van der Waals surface area (Å²) in [4.78, 5) is 60.9. The number of amides is 4. The Bertz CT molecular complexity index is 916. The second kappa shape index (κ2) is 10.8. The summed E-state index contributed by atoms with van der Waals surface area (Å²) in [6, 6.07) is 3.86. The highest BCUT2D eigenvalue weighted by atomic mass is 16.6. The van der Waals surface area contributed by atoms with Gasteiger partial charge in [-0.1, -0.05) is 6.07 Å². The minimum atomic E-state index is -1.00. The van der Waals surface area contributed by atoms with Crippen LogP contribution in [0.1, 0.15) is 40.5 Å². The molecule has 1 saturated heterocycles. The highest BCUT2D eigenvalue weighted by Gasteiger charge is 2.45. The molecule has 0 spiro atoms. The Kier molecular flexibility index (Phi) is 7.90. The van der Waals surface area contributed by atoms with E-state index in [0.29, 0.717) is 32.1 Å². The molecule has 0 radical (unpaired) electrons. The van der Waals surface area contributed by atoms with Crippen LogP contribution in [-0.4, -0.2) is 80.1 Å². The maximum Gasteiger partial charge on any atom is 0.302 e. The van der Waals surface area contributed by atoms with Gasteiger partial charge in [0, 0.05) is 25.6 Å². The molecule has 32 heavy (non-hydrogen) atoms. The Morgan fingerprint density at radius 1 is 1.06 bits per heavy atom.